The van der Waals surface area contributed by atoms with Gasteiger partial charge in [-0.2, -0.15) is 0 Å². The number of hydrogen-bond donors (Lipinski definition) is 0. The van der Waals surface area contributed by atoms with Gasteiger partial charge in [-0.1, -0.05) is 12.1 Å². The van der Waals surface area contributed by atoms with Crippen molar-refractivity contribution in [2.75, 3.05) is 0 Å². The normalized spacial score (nSPS) is 11.1. The molecule has 0 amide bonds. The first kappa shape index (κ1) is 10.9. The van der Waals surface area contributed by atoms with Gasteiger partial charge in [0.1, 0.15) is 0 Å². The maximum atomic E-state index is 4.12. The lowest BCUT2D eigenvalue weighted by molar-refractivity contribution is 1.29. The molecule has 1 aliphatic carbocycles. The number of rotatable bonds is 0. The maximum absolute atomic E-state index is 4.12. The topological polar surface area (TPSA) is 25.8 Å². The van der Waals surface area contributed by atoms with Crippen LogP contribution >= 0.6 is 11.3 Å². The van der Waals surface area contributed by atoms with Gasteiger partial charge < -0.3 is 0 Å². The van der Waals surface area contributed by atoms with E-state index < -0.39 is 0 Å². The van der Waals surface area contributed by atoms with E-state index >= 15 is 0 Å². The second-order valence-electron chi connectivity index (χ2n) is 3.74. The van der Waals surface area contributed by atoms with E-state index in [1.54, 1.807) is 23.7 Å². The highest BCUT2D eigenvalue weighted by molar-refractivity contribution is 7.11. The van der Waals surface area contributed by atoms with E-state index in [1.165, 1.54) is 10.4 Å². The second kappa shape index (κ2) is 4.96. The quantitative estimate of drug-likeness (QED) is 0.440. The Kier molecular flexibility index (Phi) is 3.01. The van der Waals surface area contributed by atoms with Crippen LogP contribution in [-0.2, 0) is 0 Å². The molecular weight excluding hydrogens is 240 g/mol. The van der Waals surface area contributed by atoms with Crippen LogP contribution in [0.2, 0.25) is 0 Å². The van der Waals surface area contributed by atoms with Crippen LogP contribution in [-0.4, -0.2) is 9.97 Å². The van der Waals surface area contributed by atoms with Crippen LogP contribution in [0, 0.1) is 0 Å². The molecule has 0 spiro atoms. The molecule has 0 N–H and O–H groups in total. The summed E-state index contributed by atoms with van der Waals surface area (Å²) in [6.07, 6.45) is 7.41. The highest BCUT2D eigenvalue weighted by atomic mass is 32.1. The van der Waals surface area contributed by atoms with E-state index in [0.29, 0.717) is 0 Å². The molecule has 0 radical (unpaired) electrons. The molecule has 86 valence electrons. The van der Waals surface area contributed by atoms with Gasteiger partial charge in [-0.25, -0.2) is 0 Å². The monoisotopic (exact) mass is 250 g/mol. The predicted molar refractivity (Wildman–Crippen MR) is 76.3 cm³/mol. The third-order valence-corrected chi connectivity index (χ3v) is 3.44. The number of aromatic nitrogens is 2. The van der Waals surface area contributed by atoms with Gasteiger partial charge in [-0.15, -0.1) is 17.1 Å². The zero-order valence-electron chi connectivity index (χ0n) is 9.58. The fourth-order valence-corrected chi connectivity index (χ4v) is 2.44. The minimum absolute atomic E-state index is 0.949. The Hall–Kier alpha value is -2.22. The van der Waals surface area contributed by atoms with Gasteiger partial charge >= 0.3 is 0 Å². The van der Waals surface area contributed by atoms with Crippen LogP contribution < -0.4 is 0 Å². The summed E-state index contributed by atoms with van der Waals surface area (Å²) in [5.74, 6) is 0. The van der Waals surface area contributed by atoms with E-state index in [0.717, 1.165) is 11.0 Å². The van der Waals surface area contributed by atoms with E-state index in [2.05, 4.69) is 27.1 Å². The van der Waals surface area contributed by atoms with Crippen molar-refractivity contribution in [3.05, 3.63) is 64.3 Å². The summed E-state index contributed by atoms with van der Waals surface area (Å²) in [5.41, 5.74) is 6.24. The van der Waals surface area contributed by atoms with Crippen LogP contribution in [0.5, 0.6) is 0 Å². The summed E-state index contributed by atoms with van der Waals surface area (Å²) < 4.78 is 0. The molecule has 3 aromatic rings. The van der Waals surface area contributed by atoms with E-state index in [1.807, 2.05) is 36.4 Å². The number of para-hydroxylation sites is 2. The number of thiophene rings is 1. The molecule has 0 fully saturated rings. The zero-order chi connectivity index (χ0) is 12.2. The van der Waals surface area contributed by atoms with Crippen molar-refractivity contribution < 1.29 is 0 Å². The van der Waals surface area contributed by atoms with Crippen molar-refractivity contribution in [1.29, 1.82) is 0 Å². The number of fused-ring (bicyclic) bond motifs is 2. The first-order valence-electron chi connectivity index (χ1n) is 5.59. The summed E-state index contributed by atoms with van der Waals surface area (Å²) in [5, 5.41) is 2.10. The van der Waals surface area contributed by atoms with Gasteiger partial charge in [0.15, 0.2) is 0 Å². The van der Waals surface area contributed by atoms with Gasteiger partial charge in [0.25, 0.3) is 0 Å². The molecule has 2 nitrogen and oxygen atoms in total. The Morgan fingerprint density at radius 3 is 2.28 bits per heavy atom. The SMILES string of the molecule is C1=Cc2ccsc2C=1.c1ccc2nccnc2c1. The van der Waals surface area contributed by atoms with E-state index in [-0.39, 0.29) is 0 Å². The van der Waals surface area contributed by atoms with Crippen molar-refractivity contribution in [1.82, 2.24) is 9.97 Å². The Bertz CT molecular complexity index is 649. The van der Waals surface area contributed by atoms with Crippen molar-refractivity contribution >= 4 is 34.5 Å². The minimum Gasteiger partial charge on any atom is -0.253 e. The molecule has 0 saturated carbocycles. The molecule has 18 heavy (non-hydrogen) atoms. The molecule has 2 heterocycles. The molecule has 1 aromatic carbocycles. The third kappa shape index (κ3) is 2.23. The third-order valence-electron chi connectivity index (χ3n) is 2.56. The van der Waals surface area contributed by atoms with Crippen LogP contribution in [0.25, 0.3) is 23.2 Å². The lowest BCUT2D eigenvalue weighted by Crippen LogP contribution is -1.78. The lowest BCUT2D eigenvalue weighted by atomic mass is 10.3. The second-order valence-corrected chi connectivity index (χ2v) is 4.69. The molecule has 0 bridgehead atoms. The fourth-order valence-electron chi connectivity index (χ4n) is 1.68. The zero-order valence-corrected chi connectivity index (χ0v) is 10.4. The molecule has 2 aromatic heterocycles. The standard InChI is InChI=1S/C8H6N2.C7H4S/c1-2-4-8-7(3-1)9-5-6-10-8;1-2-6-4-5-8-7(6)3-1/h1-6H;2-5H. The first-order valence-corrected chi connectivity index (χ1v) is 6.47. The molecule has 0 atom stereocenters. The van der Waals surface area contributed by atoms with E-state index in [4.69, 9.17) is 0 Å². The van der Waals surface area contributed by atoms with Gasteiger partial charge in [0.05, 0.1) is 11.0 Å². The molecule has 0 aliphatic heterocycles. The average Bonchev–Trinajstić information content (AvgIpc) is 3.03. The number of nitrogens with zero attached hydrogens (tertiary/aromatic N) is 2. The molecule has 4 rings (SSSR count). The van der Waals surface area contributed by atoms with Gasteiger partial charge in [-0.3, -0.25) is 9.97 Å². The highest BCUT2D eigenvalue weighted by Crippen LogP contribution is 2.22. The lowest BCUT2D eigenvalue weighted by Gasteiger charge is -1.90. The largest absolute Gasteiger partial charge is 0.253 e. The molecule has 0 unspecified atom stereocenters. The Labute approximate surface area is 109 Å². The van der Waals surface area contributed by atoms with Crippen LogP contribution in [0.1, 0.15) is 10.4 Å². The van der Waals surface area contributed by atoms with Crippen LogP contribution in [0.4, 0.5) is 0 Å². The summed E-state index contributed by atoms with van der Waals surface area (Å²) in [6.45, 7) is 0. The van der Waals surface area contributed by atoms with Crippen molar-refractivity contribution in [2.24, 2.45) is 0 Å². The minimum atomic E-state index is 0.949. The predicted octanol–water partition coefficient (Wildman–Crippen LogP) is 4.02. The maximum Gasteiger partial charge on any atom is 0.0886 e. The molecule has 3 heteroatoms. The fraction of sp³-hybridized carbons (Fsp3) is 0. The van der Waals surface area contributed by atoms with Gasteiger partial charge in [-0.05, 0) is 35.7 Å². The average molecular weight is 250 g/mol. The van der Waals surface area contributed by atoms with E-state index in [9.17, 15) is 0 Å². The van der Waals surface area contributed by atoms with Gasteiger partial charge in [0.2, 0.25) is 0 Å². The summed E-state index contributed by atoms with van der Waals surface area (Å²) in [6, 6.07) is 9.91. The van der Waals surface area contributed by atoms with Crippen molar-refractivity contribution in [3.63, 3.8) is 0 Å². The summed E-state index contributed by atoms with van der Waals surface area (Å²) >= 11 is 1.76. The number of benzene rings is 1. The van der Waals surface area contributed by atoms with Crippen molar-refractivity contribution in [2.45, 2.75) is 0 Å². The van der Waals surface area contributed by atoms with Crippen molar-refractivity contribution in [3.8, 4) is 0 Å². The van der Waals surface area contributed by atoms with Crippen LogP contribution in [0.15, 0.2) is 53.8 Å². The Morgan fingerprint density at radius 2 is 1.61 bits per heavy atom. The van der Waals surface area contributed by atoms with Crippen LogP contribution in [0.3, 0.4) is 0 Å². The molecule has 1 aliphatic rings. The Morgan fingerprint density at radius 1 is 0.889 bits per heavy atom. The highest BCUT2D eigenvalue weighted by Gasteiger charge is 1.98. The molecular formula is C15H10N2S. The first-order chi connectivity index (χ1) is 8.93. The smallest absolute Gasteiger partial charge is 0.0886 e. The number of hydrogen-bond acceptors (Lipinski definition) is 3. The summed E-state index contributed by atoms with van der Waals surface area (Å²) in [7, 11) is 0. The Balaban J connectivity index is 0.000000114. The van der Waals surface area contributed by atoms with Gasteiger partial charge in [0, 0.05) is 22.8 Å². The molecule has 0 saturated heterocycles. The summed E-state index contributed by atoms with van der Waals surface area (Å²) in [4.78, 5) is 9.58.